The molecule has 0 aromatic heterocycles. The highest BCUT2D eigenvalue weighted by atomic mass is 32.2. The molecule has 2 aromatic rings. The number of carbonyl (C=O) groups is 1. The molecule has 2 N–H and O–H groups in total. The van der Waals surface area contributed by atoms with Crippen molar-refractivity contribution >= 4 is 15.9 Å². The van der Waals surface area contributed by atoms with Gasteiger partial charge in [0.2, 0.25) is 10.0 Å². The van der Waals surface area contributed by atoms with Gasteiger partial charge in [0.15, 0.2) is 11.5 Å². The predicted molar refractivity (Wildman–Crippen MR) is 129 cm³/mol. The molecule has 2 aromatic carbocycles. The van der Waals surface area contributed by atoms with Gasteiger partial charge >= 0.3 is 0 Å². The molecule has 1 saturated heterocycles. The van der Waals surface area contributed by atoms with Crippen LogP contribution in [0.2, 0.25) is 0 Å². The van der Waals surface area contributed by atoms with Crippen molar-refractivity contribution in [3.05, 3.63) is 53.6 Å². The van der Waals surface area contributed by atoms with Crippen LogP contribution in [0.25, 0.3) is 0 Å². The largest absolute Gasteiger partial charge is 0.493 e. The fraction of sp³-hybridized carbons (Fsp3) is 0.458. The lowest BCUT2D eigenvalue weighted by molar-refractivity contribution is 0.0162. The molecule has 9 nitrogen and oxygen atoms in total. The van der Waals surface area contributed by atoms with Crippen LogP contribution in [-0.2, 0) is 14.8 Å². The average molecular weight is 492 g/mol. The normalized spacial score (nSPS) is 15.5. The van der Waals surface area contributed by atoms with Crippen LogP contribution in [0.4, 0.5) is 0 Å². The molecule has 186 valence electrons. The number of nitrogens with one attached hydrogen (secondary N) is 2. The maximum absolute atomic E-state index is 12.9. The third kappa shape index (κ3) is 6.47. The van der Waals surface area contributed by atoms with Gasteiger partial charge in [0.1, 0.15) is 0 Å². The number of methoxy groups -OCH3 is 1. The maximum Gasteiger partial charge on any atom is 0.251 e. The smallest absolute Gasteiger partial charge is 0.251 e. The Bertz CT molecular complexity index is 1070. The molecule has 0 radical (unpaired) electrons. The first-order chi connectivity index (χ1) is 16.4. The van der Waals surface area contributed by atoms with Gasteiger partial charge < -0.3 is 19.5 Å². The van der Waals surface area contributed by atoms with E-state index in [1.54, 1.807) is 26.2 Å². The molecule has 0 saturated carbocycles. The van der Waals surface area contributed by atoms with Gasteiger partial charge in [-0.3, -0.25) is 9.69 Å². The predicted octanol–water partition coefficient (Wildman–Crippen LogP) is 2.20. The summed E-state index contributed by atoms with van der Waals surface area (Å²) in [5.41, 5.74) is 1.26. The summed E-state index contributed by atoms with van der Waals surface area (Å²) in [6.45, 7) is 7.44. The van der Waals surface area contributed by atoms with E-state index in [2.05, 4.69) is 14.9 Å². The van der Waals surface area contributed by atoms with Crippen molar-refractivity contribution in [2.75, 3.05) is 53.1 Å². The fourth-order valence-corrected chi connectivity index (χ4v) is 4.97. The molecule has 1 amide bonds. The van der Waals surface area contributed by atoms with E-state index < -0.39 is 10.0 Å². The van der Waals surface area contributed by atoms with E-state index in [0.29, 0.717) is 37.9 Å². The molecule has 34 heavy (non-hydrogen) atoms. The lowest BCUT2D eigenvalue weighted by atomic mass is 10.0. The molecule has 1 fully saturated rings. The molecule has 1 unspecified atom stereocenters. The third-order valence-electron chi connectivity index (χ3n) is 5.56. The highest BCUT2D eigenvalue weighted by molar-refractivity contribution is 7.89. The number of ether oxygens (including phenoxy) is 3. The minimum absolute atomic E-state index is 0.0583. The average Bonchev–Trinajstić information content (AvgIpc) is 2.85. The van der Waals surface area contributed by atoms with E-state index >= 15 is 0 Å². The van der Waals surface area contributed by atoms with Crippen LogP contribution in [0.15, 0.2) is 47.4 Å². The van der Waals surface area contributed by atoms with E-state index in [0.717, 1.165) is 18.7 Å². The zero-order valence-electron chi connectivity index (χ0n) is 19.9. The van der Waals surface area contributed by atoms with Crippen LogP contribution in [0.5, 0.6) is 11.5 Å². The summed E-state index contributed by atoms with van der Waals surface area (Å²) in [5.74, 6) is 0.951. The second-order valence-electron chi connectivity index (χ2n) is 7.75. The Hall–Kier alpha value is -2.66. The number of rotatable bonds is 11. The first-order valence-corrected chi connectivity index (χ1v) is 12.9. The number of hydrogen-bond donors (Lipinski definition) is 2. The monoisotopic (exact) mass is 491 g/mol. The van der Waals surface area contributed by atoms with Gasteiger partial charge in [-0.05, 0) is 42.8 Å². The lowest BCUT2D eigenvalue weighted by Crippen LogP contribution is -2.43. The van der Waals surface area contributed by atoms with E-state index in [-0.39, 0.29) is 29.0 Å². The van der Waals surface area contributed by atoms with Crippen molar-refractivity contribution in [2.45, 2.75) is 24.8 Å². The highest BCUT2D eigenvalue weighted by Gasteiger charge is 2.25. The second kappa shape index (κ2) is 12.2. The molecule has 3 rings (SSSR count). The lowest BCUT2D eigenvalue weighted by Gasteiger charge is -2.35. The Morgan fingerprint density at radius 2 is 1.88 bits per heavy atom. The van der Waals surface area contributed by atoms with Gasteiger partial charge in [-0.15, -0.1) is 0 Å². The second-order valence-corrected chi connectivity index (χ2v) is 9.51. The van der Waals surface area contributed by atoms with Crippen LogP contribution in [-0.4, -0.2) is 72.3 Å². The maximum atomic E-state index is 12.9. The summed E-state index contributed by atoms with van der Waals surface area (Å²) >= 11 is 0. The Balaban J connectivity index is 1.81. The van der Waals surface area contributed by atoms with Crippen molar-refractivity contribution in [1.29, 1.82) is 0 Å². The van der Waals surface area contributed by atoms with Crippen LogP contribution < -0.4 is 19.5 Å². The van der Waals surface area contributed by atoms with E-state index in [9.17, 15) is 13.2 Å². The number of nitrogens with zero attached hydrogens (tertiary/aromatic N) is 1. The van der Waals surface area contributed by atoms with Crippen molar-refractivity contribution in [2.24, 2.45) is 0 Å². The van der Waals surface area contributed by atoms with E-state index in [4.69, 9.17) is 14.2 Å². The van der Waals surface area contributed by atoms with Crippen molar-refractivity contribution in [3.63, 3.8) is 0 Å². The molecule has 0 spiro atoms. The van der Waals surface area contributed by atoms with Crippen LogP contribution >= 0.6 is 0 Å². The molecular formula is C24H33N3O6S. The number of benzene rings is 2. The van der Waals surface area contributed by atoms with Crippen LogP contribution in [0.3, 0.4) is 0 Å². The van der Waals surface area contributed by atoms with Gasteiger partial charge in [0.25, 0.3) is 5.91 Å². The number of carbonyl (C=O) groups excluding carboxylic acids is 1. The Morgan fingerprint density at radius 1 is 1.12 bits per heavy atom. The molecular weight excluding hydrogens is 458 g/mol. The molecule has 1 aliphatic heterocycles. The third-order valence-corrected chi connectivity index (χ3v) is 7.10. The summed E-state index contributed by atoms with van der Waals surface area (Å²) in [6.07, 6.45) is 0. The van der Waals surface area contributed by atoms with E-state index in [1.807, 2.05) is 25.1 Å². The number of sulfonamides is 1. The first kappa shape index (κ1) is 26.0. The summed E-state index contributed by atoms with van der Waals surface area (Å²) in [7, 11) is -2.05. The number of morpholine rings is 1. The molecule has 1 atom stereocenters. The molecule has 1 heterocycles. The number of hydrogen-bond acceptors (Lipinski definition) is 7. The topological polar surface area (TPSA) is 106 Å². The quantitative estimate of drug-likeness (QED) is 0.496. The SMILES string of the molecule is CCNS(=O)(=O)c1cccc(C(=O)NCC(c2ccc(OCC)c(OC)c2)N2CCOCC2)c1. The van der Waals surface area contributed by atoms with E-state index in [1.165, 1.54) is 12.1 Å². The summed E-state index contributed by atoms with van der Waals surface area (Å²) < 4.78 is 43.7. The highest BCUT2D eigenvalue weighted by Crippen LogP contribution is 2.32. The van der Waals surface area contributed by atoms with Gasteiger partial charge in [-0.2, -0.15) is 0 Å². The molecule has 10 heteroatoms. The zero-order valence-corrected chi connectivity index (χ0v) is 20.7. The van der Waals surface area contributed by atoms with Gasteiger partial charge in [-0.25, -0.2) is 13.1 Å². The Labute approximate surface area is 201 Å². The summed E-state index contributed by atoms with van der Waals surface area (Å²) in [4.78, 5) is 15.3. The standard InChI is InChI=1S/C24H33N3O6S/c1-4-26-34(29,30)20-8-6-7-19(15-20)24(28)25-17-21(27-11-13-32-14-12-27)18-9-10-22(33-5-2)23(16-18)31-3/h6-10,15-16,21,26H,4-5,11-14,17H2,1-3H3,(H,25,28). The first-order valence-electron chi connectivity index (χ1n) is 11.4. The van der Waals surface area contributed by atoms with Crippen molar-refractivity contribution < 1.29 is 27.4 Å². The van der Waals surface area contributed by atoms with Gasteiger partial charge in [-0.1, -0.05) is 19.1 Å². The minimum atomic E-state index is -3.65. The molecule has 1 aliphatic rings. The minimum Gasteiger partial charge on any atom is -0.493 e. The fourth-order valence-electron chi connectivity index (χ4n) is 3.88. The van der Waals surface area contributed by atoms with Crippen molar-refractivity contribution in [1.82, 2.24) is 14.9 Å². The zero-order chi connectivity index (χ0) is 24.6. The summed E-state index contributed by atoms with van der Waals surface area (Å²) in [5, 5.41) is 2.97. The number of amides is 1. The summed E-state index contributed by atoms with van der Waals surface area (Å²) in [6, 6.07) is 11.7. The molecule has 0 bridgehead atoms. The van der Waals surface area contributed by atoms with Gasteiger partial charge in [0.05, 0.1) is 37.9 Å². The van der Waals surface area contributed by atoms with Crippen LogP contribution in [0, 0.1) is 0 Å². The van der Waals surface area contributed by atoms with Gasteiger partial charge in [0, 0.05) is 31.7 Å². The Morgan fingerprint density at radius 3 is 2.56 bits per heavy atom. The molecule has 0 aliphatic carbocycles. The van der Waals surface area contributed by atoms with Crippen molar-refractivity contribution in [3.8, 4) is 11.5 Å². The Kier molecular flexibility index (Phi) is 9.28. The van der Waals surface area contributed by atoms with Crippen LogP contribution in [0.1, 0.15) is 35.8 Å².